The molecule has 0 bridgehead atoms. The van der Waals surface area contributed by atoms with Crippen molar-refractivity contribution in [3.05, 3.63) is 78.3 Å². The van der Waals surface area contributed by atoms with Gasteiger partial charge in [-0.25, -0.2) is 18.9 Å². The zero-order valence-corrected chi connectivity index (χ0v) is 17.8. The first-order chi connectivity index (χ1) is 16.0. The molecule has 0 atom stereocenters. The number of rotatable bonds is 6. The number of ether oxygens (including phenoxy) is 1. The van der Waals surface area contributed by atoms with Gasteiger partial charge in [0.05, 0.1) is 43.2 Å². The fraction of sp³-hybridized carbons (Fsp3) is 0.130. The number of hydrogen-bond donors (Lipinski definition) is 0. The maximum Gasteiger partial charge on any atom is 0.232 e. The lowest BCUT2D eigenvalue weighted by atomic mass is 10.0. The molecule has 4 heterocycles. The van der Waals surface area contributed by atoms with Gasteiger partial charge in [0.2, 0.25) is 5.88 Å². The standard InChI is InChI=1S/C23H18FN7O2/c1-30-22(16(10-26-30)18-11-25-12-21(27-18)33-2)19(32)8-15-9-20-28-23(14-6-4-3-5-7-14)29-31(20)13-17(15)24/h3-7,9-13H,8H2,1-2H3. The zero-order valence-electron chi connectivity index (χ0n) is 17.8. The van der Waals surface area contributed by atoms with Crippen molar-refractivity contribution in [3.63, 3.8) is 0 Å². The predicted octanol–water partition coefficient (Wildman–Crippen LogP) is 3.16. The van der Waals surface area contributed by atoms with Gasteiger partial charge in [-0.05, 0) is 6.07 Å². The van der Waals surface area contributed by atoms with Crippen LogP contribution in [0.1, 0.15) is 16.1 Å². The Balaban J connectivity index is 1.48. The molecule has 0 aliphatic heterocycles. The number of nitrogens with zero attached hydrogens (tertiary/aromatic N) is 7. The van der Waals surface area contributed by atoms with Crippen molar-refractivity contribution < 1.29 is 13.9 Å². The minimum atomic E-state index is -0.551. The highest BCUT2D eigenvalue weighted by Gasteiger charge is 2.22. The van der Waals surface area contributed by atoms with Crippen molar-refractivity contribution in [2.75, 3.05) is 7.11 Å². The maximum absolute atomic E-state index is 14.9. The fourth-order valence-corrected chi connectivity index (χ4v) is 3.58. The molecule has 0 saturated heterocycles. The summed E-state index contributed by atoms with van der Waals surface area (Å²) in [7, 11) is 3.13. The number of Topliss-reactive ketones (excluding diaryl/α,β-unsaturated/α-hetero) is 1. The molecule has 9 nitrogen and oxygen atoms in total. The third kappa shape index (κ3) is 3.82. The average molecular weight is 443 g/mol. The minimum Gasteiger partial charge on any atom is -0.480 e. The molecular weight excluding hydrogens is 425 g/mol. The van der Waals surface area contributed by atoms with Crippen LogP contribution in [0.5, 0.6) is 5.88 Å². The number of pyridine rings is 1. The van der Waals surface area contributed by atoms with E-state index >= 15 is 0 Å². The van der Waals surface area contributed by atoms with E-state index in [0.29, 0.717) is 34.3 Å². The molecule has 0 aliphatic carbocycles. The van der Waals surface area contributed by atoms with E-state index in [2.05, 4.69) is 25.1 Å². The molecule has 10 heteroatoms. The number of methoxy groups -OCH3 is 1. The summed E-state index contributed by atoms with van der Waals surface area (Å²) in [6, 6.07) is 10.9. The lowest BCUT2D eigenvalue weighted by Gasteiger charge is -2.07. The molecule has 5 rings (SSSR count). The number of carbonyl (C=O) groups excluding carboxylic acids is 1. The van der Waals surface area contributed by atoms with E-state index in [9.17, 15) is 9.18 Å². The highest BCUT2D eigenvalue weighted by Crippen LogP contribution is 2.25. The van der Waals surface area contributed by atoms with Crippen LogP contribution in [0.2, 0.25) is 0 Å². The van der Waals surface area contributed by atoms with Crippen LogP contribution in [0.4, 0.5) is 4.39 Å². The summed E-state index contributed by atoms with van der Waals surface area (Å²) in [5.41, 5.74) is 2.70. The van der Waals surface area contributed by atoms with Crippen LogP contribution in [-0.4, -0.2) is 47.2 Å². The van der Waals surface area contributed by atoms with Crippen LogP contribution in [0, 0.1) is 5.82 Å². The summed E-state index contributed by atoms with van der Waals surface area (Å²) in [5.74, 6) is -0.0813. The van der Waals surface area contributed by atoms with E-state index in [0.717, 1.165) is 5.56 Å². The molecule has 0 unspecified atom stereocenters. The second-order valence-corrected chi connectivity index (χ2v) is 7.33. The first-order valence-corrected chi connectivity index (χ1v) is 10.1. The third-order valence-corrected chi connectivity index (χ3v) is 5.19. The van der Waals surface area contributed by atoms with Crippen molar-refractivity contribution in [2.24, 2.45) is 7.05 Å². The molecular formula is C23H18FN7O2. The zero-order chi connectivity index (χ0) is 22.9. The van der Waals surface area contributed by atoms with Gasteiger partial charge in [0.25, 0.3) is 0 Å². The van der Waals surface area contributed by atoms with Crippen molar-refractivity contribution in [1.82, 2.24) is 34.3 Å². The number of aryl methyl sites for hydroxylation is 1. The van der Waals surface area contributed by atoms with E-state index in [1.54, 1.807) is 7.05 Å². The van der Waals surface area contributed by atoms with Crippen LogP contribution in [-0.2, 0) is 13.5 Å². The first-order valence-electron chi connectivity index (χ1n) is 10.1. The Labute approximate surface area is 187 Å². The Morgan fingerprint density at radius 1 is 1.12 bits per heavy atom. The van der Waals surface area contributed by atoms with E-state index in [4.69, 9.17) is 4.74 Å². The van der Waals surface area contributed by atoms with Gasteiger partial charge in [0.15, 0.2) is 17.3 Å². The number of fused-ring (bicyclic) bond motifs is 1. The molecule has 0 fully saturated rings. The molecule has 33 heavy (non-hydrogen) atoms. The van der Waals surface area contributed by atoms with Gasteiger partial charge in [-0.15, -0.1) is 5.10 Å². The quantitative estimate of drug-likeness (QED) is 0.372. The third-order valence-electron chi connectivity index (χ3n) is 5.19. The summed E-state index contributed by atoms with van der Waals surface area (Å²) >= 11 is 0. The van der Waals surface area contributed by atoms with E-state index in [1.807, 2.05) is 30.3 Å². The largest absolute Gasteiger partial charge is 0.480 e. The number of aromatic nitrogens is 7. The summed E-state index contributed by atoms with van der Waals surface area (Å²) < 4.78 is 22.8. The lowest BCUT2D eigenvalue weighted by Crippen LogP contribution is -2.12. The second kappa shape index (κ2) is 8.23. The van der Waals surface area contributed by atoms with Gasteiger partial charge in [0, 0.05) is 24.6 Å². The summed E-state index contributed by atoms with van der Waals surface area (Å²) in [6.07, 6.45) is 5.56. The molecule has 0 radical (unpaired) electrons. The smallest absolute Gasteiger partial charge is 0.232 e. The molecule has 0 amide bonds. The Morgan fingerprint density at radius 3 is 2.73 bits per heavy atom. The molecule has 0 spiro atoms. The van der Waals surface area contributed by atoms with Gasteiger partial charge < -0.3 is 4.74 Å². The van der Waals surface area contributed by atoms with Crippen LogP contribution >= 0.6 is 0 Å². The lowest BCUT2D eigenvalue weighted by molar-refractivity contribution is 0.0983. The summed E-state index contributed by atoms with van der Waals surface area (Å²) in [5, 5.41) is 8.53. The van der Waals surface area contributed by atoms with Crippen LogP contribution in [0.25, 0.3) is 28.3 Å². The normalized spacial score (nSPS) is 11.1. The summed E-state index contributed by atoms with van der Waals surface area (Å²) in [4.78, 5) is 26.1. The van der Waals surface area contributed by atoms with Gasteiger partial charge in [-0.2, -0.15) is 5.10 Å². The highest BCUT2D eigenvalue weighted by atomic mass is 19.1. The number of hydrogen-bond acceptors (Lipinski definition) is 7. The van der Waals surface area contributed by atoms with Crippen molar-refractivity contribution in [2.45, 2.75) is 6.42 Å². The number of halogens is 1. The predicted molar refractivity (Wildman–Crippen MR) is 117 cm³/mol. The molecule has 0 N–H and O–H groups in total. The van der Waals surface area contributed by atoms with Crippen LogP contribution < -0.4 is 4.74 Å². The van der Waals surface area contributed by atoms with Gasteiger partial charge in [-0.3, -0.25) is 14.5 Å². The number of carbonyl (C=O) groups is 1. The van der Waals surface area contributed by atoms with E-state index in [-0.39, 0.29) is 17.8 Å². The van der Waals surface area contributed by atoms with Crippen molar-refractivity contribution in [1.29, 1.82) is 0 Å². The fourth-order valence-electron chi connectivity index (χ4n) is 3.58. The topological polar surface area (TPSA) is 100 Å². The average Bonchev–Trinajstić information content (AvgIpc) is 3.43. The van der Waals surface area contributed by atoms with Gasteiger partial charge in [-0.1, -0.05) is 30.3 Å². The van der Waals surface area contributed by atoms with Crippen molar-refractivity contribution >= 4 is 11.4 Å². The van der Waals surface area contributed by atoms with E-state index in [1.165, 1.54) is 47.2 Å². The molecule has 5 aromatic rings. The maximum atomic E-state index is 14.9. The van der Waals surface area contributed by atoms with E-state index < -0.39 is 5.82 Å². The monoisotopic (exact) mass is 443 g/mol. The molecule has 0 aliphatic rings. The Bertz CT molecular complexity index is 1480. The summed E-state index contributed by atoms with van der Waals surface area (Å²) in [6.45, 7) is 0. The SMILES string of the molecule is COc1cncc(-c2cnn(C)c2C(=O)Cc2cc3nc(-c4ccccc4)nn3cc2F)n1. The van der Waals surface area contributed by atoms with Crippen LogP contribution in [0.15, 0.2) is 61.2 Å². The number of ketones is 1. The van der Waals surface area contributed by atoms with Gasteiger partial charge in [0.1, 0.15) is 11.5 Å². The number of benzene rings is 1. The second-order valence-electron chi connectivity index (χ2n) is 7.33. The van der Waals surface area contributed by atoms with Crippen molar-refractivity contribution in [3.8, 4) is 28.5 Å². The highest BCUT2D eigenvalue weighted by molar-refractivity contribution is 6.01. The molecule has 0 saturated carbocycles. The Morgan fingerprint density at radius 2 is 1.94 bits per heavy atom. The first kappa shape index (κ1) is 20.4. The minimum absolute atomic E-state index is 0.181. The Kier molecular flexibility index (Phi) is 5.09. The van der Waals surface area contributed by atoms with Crippen LogP contribution in [0.3, 0.4) is 0 Å². The molecule has 1 aromatic carbocycles. The van der Waals surface area contributed by atoms with Gasteiger partial charge >= 0.3 is 0 Å². The molecule has 164 valence electrons. The molecule has 4 aromatic heterocycles. The Hall–Kier alpha value is -4.47.